The van der Waals surface area contributed by atoms with Crippen molar-refractivity contribution in [2.45, 2.75) is 32.7 Å². The van der Waals surface area contributed by atoms with Crippen molar-refractivity contribution < 1.29 is 0 Å². The van der Waals surface area contributed by atoms with E-state index in [-0.39, 0.29) is 6.04 Å². The number of benzene rings is 2. The highest BCUT2D eigenvalue weighted by atomic mass is 15.1. The average Bonchev–Trinajstić information content (AvgIpc) is 2.46. The van der Waals surface area contributed by atoms with Crippen molar-refractivity contribution >= 4 is 11.4 Å². The van der Waals surface area contributed by atoms with E-state index in [1.165, 1.54) is 40.9 Å². The average molecular weight is 266 g/mol. The summed E-state index contributed by atoms with van der Waals surface area (Å²) in [5.74, 6) is 0. The molecule has 0 aliphatic carbocycles. The van der Waals surface area contributed by atoms with Gasteiger partial charge in [0, 0.05) is 24.0 Å². The van der Waals surface area contributed by atoms with Crippen LogP contribution in [-0.2, 0) is 6.42 Å². The van der Waals surface area contributed by atoms with Crippen molar-refractivity contribution in [3.05, 3.63) is 59.2 Å². The third kappa shape index (κ3) is 2.32. The van der Waals surface area contributed by atoms with Gasteiger partial charge in [0.2, 0.25) is 0 Å². The lowest BCUT2D eigenvalue weighted by Crippen LogP contribution is -2.26. The van der Waals surface area contributed by atoms with Gasteiger partial charge < -0.3 is 10.6 Å². The summed E-state index contributed by atoms with van der Waals surface area (Å²) < 4.78 is 0. The van der Waals surface area contributed by atoms with Gasteiger partial charge in [-0.3, -0.25) is 0 Å². The Hall–Kier alpha value is -1.80. The predicted molar refractivity (Wildman–Crippen MR) is 85.6 cm³/mol. The molecule has 1 atom stereocenters. The van der Waals surface area contributed by atoms with E-state index in [9.17, 15) is 0 Å². The minimum Gasteiger partial charge on any atom is -0.341 e. The normalized spacial score (nSPS) is 15.8. The molecule has 2 nitrogen and oxygen atoms in total. The molecule has 1 aliphatic heterocycles. The number of nitrogens with two attached hydrogens (primary N) is 1. The Morgan fingerprint density at radius 3 is 2.70 bits per heavy atom. The number of aryl methyl sites for hydroxylation is 2. The van der Waals surface area contributed by atoms with Crippen LogP contribution in [0.4, 0.5) is 11.4 Å². The maximum atomic E-state index is 6.14. The fourth-order valence-corrected chi connectivity index (χ4v) is 3.09. The lowest BCUT2D eigenvalue weighted by molar-refractivity contribution is 0.751. The minimum atomic E-state index is 0.0574. The van der Waals surface area contributed by atoms with E-state index < -0.39 is 0 Å². The third-order valence-corrected chi connectivity index (χ3v) is 4.07. The number of fused-ring (bicyclic) bond motifs is 1. The molecule has 2 heteroatoms. The summed E-state index contributed by atoms with van der Waals surface area (Å²) in [6, 6.07) is 15.3. The Morgan fingerprint density at radius 1 is 1.10 bits per heavy atom. The molecule has 0 spiro atoms. The van der Waals surface area contributed by atoms with Gasteiger partial charge in [0.15, 0.2) is 0 Å². The molecule has 104 valence electrons. The van der Waals surface area contributed by atoms with E-state index >= 15 is 0 Å². The molecule has 0 saturated carbocycles. The van der Waals surface area contributed by atoms with Crippen molar-refractivity contribution in [1.29, 1.82) is 0 Å². The quantitative estimate of drug-likeness (QED) is 0.886. The monoisotopic (exact) mass is 266 g/mol. The molecule has 0 radical (unpaired) electrons. The number of anilines is 2. The molecule has 0 aromatic heterocycles. The first-order valence-corrected chi connectivity index (χ1v) is 7.38. The predicted octanol–water partition coefficient (Wildman–Crippen LogP) is 4.10. The zero-order chi connectivity index (χ0) is 14.1. The summed E-state index contributed by atoms with van der Waals surface area (Å²) >= 11 is 0. The summed E-state index contributed by atoms with van der Waals surface area (Å²) in [7, 11) is 0. The van der Waals surface area contributed by atoms with E-state index in [1.54, 1.807) is 0 Å². The topological polar surface area (TPSA) is 29.3 Å². The Labute approximate surface area is 121 Å². The molecule has 0 saturated heterocycles. The van der Waals surface area contributed by atoms with Crippen LogP contribution in [0.2, 0.25) is 0 Å². The molecule has 1 heterocycles. The lowest BCUT2D eigenvalue weighted by atomic mass is 9.97. The minimum absolute atomic E-state index is 0.0574. The highest BCUT2D eigenvalue weighted by Crippen LogP contribution is 2.36. The van der Waals surface area contributed by atoms with E-state index in [2.05, 4.69) is 61.2 Å². The molecule has 2 N–H and O–H groups in total. The first-order chi connectivity index (χ1) is 9.66. The molecule has 3 rings (SSSR count). The summed E-state index contributed by atoms with van der Waals surface area (Å²) in [5.41, 5.74) is 12.8. The largest absolute Gasteiger partial charge is 0.341 e. The Kier molecular flexibility index (Phi) is 3.49. The Bertz CT molecular complexity index is 617. The van der Waals surface area contributed by atoms with E-state index in [0.29, 0.717) is 0 Å². The van der Waals surface area contributed by atoms with Crippen LogP contribution in [0.15, 0.2) is 42.5 Å². The first-order valence-electron chi connectivity index (χ1n) is 7.38. The highest BCUT2D eigenvalue weighted by Gasteiger charge is 2.20. The standard InChI is InChI=1S/C18H22N2/c1-13-9-10-17-15(12-13)6-5-11-20(17)18-8-4-3-7-16(18)14(2)19/h3-4,7-10,12,14H,5-6,11,19H2,1-2H3/t14-/m1/s1. The van der Waals surface area contributed by atoms with Crippen LogP contribution in [0.3, 0.4) is 0 Å². The fourth-order valence-electron chi connectivity index (χ4n) is 3.09. The van der Waals surface area contributed by atoms with E-state index in [0.717, 1.165) is 6.54 Å². The van der Waals surface area contributed by atoms with Crippen LogP contribution < -0.4 is 10.6 Å². The number of hydrogen-bond donors (Lipinski definition) is 1. The van der Waals surface area contributed by atoms with Crippen molar-refractivity contribution in [1.82, 2.24) is 0 Å². The smallest absolute Gasteiger partial charge is 0.0459 e. The number of rotatable bonds is 2. The molecule has 2 aromatic carbocycles. The van der Waals surface area contributed by atoms with E-state index in [1.807, 2.05) is 0 Å². The molecule has 2 aromatic rings. The maximum absolute atomic E-state index is 6.14. The van der Waals surface area contributed by atoms with Gasteiger partial charge in [0.05, 0.1) is 0 Å². The molecule has 20 heavy (non-hydrogen) atoms. The van der Waals surface area contributed by atoms with Crippen molar-refractivity contribution in [3.63, 3.8) is 0 Å². The van der Waals surface area contributed by atoms with Gasteiger partial charge in [0.25, 0.3) is 0 Å². The second kappa shape index (κ2) is 5.29. The first kappa shape index (κ1) is 13.2. The highest BCUT2D eigenvalue weighted by molar-refractivity contribution is 5.71. The zero-order valence-corrected chi connectivity index (χ0v) is 12.3. The number of hydrogen-bond acceptors (Lipinski definition) is 2. The van der Waals surface area contributed by atoms with Crippen LogP contribution >= 0.6 is 0 Å². The molecule has 1 aliphatic rings. The van der Waals surface area contributed by atoms with Crippen LogP contribution in [0.25, 0.3) is 0 Å². The van der Waals surface area contributed by atoms with Crippen LogP contribution in [0.1, 0.15) is 36.1 Å². The number of para-hydroxylation sites is 1. The van der Waals surface area contributed by atoms with Gasteiger partial charge in [-0.05, 0) is 49.9 Å². The van der Waals surface area contributed by atoms with Gasteiger partial charge in [-0.15, -0.1) is 0 Å². The summed E-state index contributed by atoms with van der Waals surface area (Å²) in [6.07, 6.45) is 2.37. The number of nitrogens with zero attached hydrogens (tertiary/aromatic N) is 1. The van der Waals surface area contributed by atoms with Gasteiger partial charge >= 0.3 is 0 Å². The lowest BCUT2D eigenvalue weighted by Gasteiger charge is -2.33. The zero-order valence-electron chi connectivity index (χ0n) is 12.3. The van der Waals surface area contributed by atoms with Crippen molar-refractivity contribution in [2.24, 2.45) is 5.73 Å². The molecule has 0 amide bonds. The Morgan fingerprint density at radius 2 is 1.90 bits per heavy atom. The second-order valence-corrected chi connectivity index (χ2v) is 5.73. The third-order valence-electron chi connectivity index (χ3n) is 4.07. The van der Waals surface area contributed by atoms with Crippen molar-refractivity contribution in [3.8, 4) is 0 Å². The van der Waals surface area contributed by atoms with Gasteiger partial charge in [-0.2, -0.15) is 0 Å². The summed E-state index contributed by atoms with van der Waals surface area (Å²) in [5, 5.41) is 0. The fraction of sp³-hybridized carbons (Fsp3) is 0.333. The maximum Gasteiger partial charge on any atom is 0.0459 e. The summed E-state index contributed by atoms with van der Waals surface area (Å²) in [6.45, 7) is 5.29. The molecule has 0 fully saturated rings. The molecular weight excluding hydrogens is 244 g/mol. The van der Waals surface area contributed by atoms with Crippen LogP contribution in [0, 0.1) is 6.92 Å². The molecule has 0 bridgehead atoms. The van der Waals surface area contributed by atoms with E-state index in [4.69, 9.17) is 5.73 Å². The van der Waals surface area contributed by atoms with Gasteiger partial charge in [-0.1, -0.05) is 35.9 Å². The molecule has 0 unspecified atom stereocenters. The second-order valence-electron chi connectivity index (χ2n) is 5.73. The Balaban J connectivity index is 2.09. The van der Waals surface area contributed by atoms with Crippen LogP contribution in [0.5, 0.6) is 0 Å². The molecular formula is C18H22N2. The SMILES string of the molecule is Cc1ccc2c(c1)CCCN2c1ccccc1[C@@H](C)N. The summed E-state index contributed by atoms with van der Waals surface area (Å²) in [4.78, 5) is 2.43. The van der Waals surface area contributed by atoms with Crippen molar-refractivity contribution in [2.75, 3.05) is 11.4 Å². The van der Waals surface area contributed by atoms with Gasteiger partial charge in [0.1, 0.15) is 0 Å². The van der Waals surface area contributed by atoms with Gasteiger partial charge in [-0.25, -0.2) is 0 Å². The van der Waals surface area contributed by atoms with Crippen LogP contribution in [-0.4, -0.2) is 6.54 Å².